The molecule has 0 saturated heterocycles. The van der Waals surface area contributed by atoms with Crippen LogP contribution < -0.4 is 11.1 Å². The van der Waals surface area contributed by atoms with Gasteiger partial charge in [0.25, 0.3) is 0 Å². The van der Waals surface area contributed by atoms with Gasteiger partial charge >= 0.3 is 11.1 Å². The molecule has 0 atom stereocenters. The molecule has 0 aromatic carbocycles. The second-order valence-corrected chi connectivity index (χ2v) is 5.16. The van der Waals surface area contributed by atoms with E-state index in [9.17, 15) is 9.59 Å². The maximum Gasteiger partial charge on any atom is 0.314 e. The molecule has 6 heteroatoms. The summed E-state index contributed by atoms with van der Waals surface area (Å²) in [5.41, 5.74) is 0.554. The highest BCUT2D eigenvalue weighted by Crippen LogP contribution is 2.32. The molecule has 0 fully saturated rings. The van der Waals surface area contributed by atoms with Crippen LogP contribution >= 0.6 is 27.3 Å². The van der Waals surface area contributed by atoms with Crippen molar-refractivity contribution in [3.63, 3.8) is 0 Å². The van der Waals surface area contributed by atoms with Crippen LogP contribution in [-0.4, -0.2) is 9.97 Å². The molecule has 0 unspecified atom stereocenters. The number of aromatic nitrogens is 2. The highest BCUT2D eigenvalue weighted by molar-refractivity contribution is 9.11. The number of hydrogen-bond donors (Lipinski definition) is 2. The van der Waals surface area contributed by atoms with Gasteiger partial charge in [-0.3, -0.25) is 9.59 Å². The van der Waals surface area contributed by atoms with Crippen molar-refractivity contribution in [2.75, 3.05) is 0 Å². The fourth-order valence-electron chi connectivity index (χ4n) is 1.30. The summed E-state index contributed by atoms with van der Waals surface area (Å²) in [5.74, 6) is 0. The Kier molecular flexibility index (Phi) is 2.32. The van der Waals surface area contributed by atoms with E-state index in [1.807, 2.05) is 6.92 Å². The van der Waals surface area contributed by atoms with Crippen molar-refractivity contribution in [1.29, 1.82) is 0 Å². The zero-order valence-corrected chi connectivity index (χ0v) is 9.71. The second-order valence-electron chi connectivity index (χ2n) is 2.82. The standard InChI is InChI=1S/C8H7BrN2O2S/c1-2-3-4-8(14-5(3)9)11-7(13)6(12)10-4/h2H2,1H3,(H,10,12)(H,11,13). The predicted octanol–water partition coefficient (Wildman–Crippen LogP) is 1.60. The molecule has 2 aromatic heterocycles. The molecule has 74 valence electrons. The number of thiophene rings is 1. The van der Waals surface area contributed by atoms with Gasteiger partial charge in [0.1, 0.15) is 4.83 Å². The number of aromatic amines is 2. The van der Waals surface area contributed by atoms with Gasteiger partial charge < -0.3 is 9.97 Å². The first-order valence-corrected chi connectivity index (χ1v) is 5.68. The molecular formula is C8H7BrN2O2S. The molecule has 0 radical (unpaired) electrons. The SMILES string of the molecule is CCc1c(Br)sc2[nH]c(=O)c(=O)[nH]c12. The molecule has 4 nitrogen and oxygen atoms in total. The highest BCUT2D eigenvalue weighted by atomic mass is 79.9. The van der Waals surface area contributed by atoms with Gasteiger partial charge in [-0.2, -0.15) is 0 Å². The van der Waals surface area contributed by atoms with E-state index >= 15 is 0 Å². The summed E-state index contributed by atoms with van der Waals surface area (Å²) in [6.45, 7) is 2.00. The second kappa shape index (κ2) is 3.36. The Balaban J connectivity index is 2.96. The lowest BCUT2D eigenvalue weighted by atomic mass is 10.2. The summed E-state index contributed by atoms with van der Waals surface area (Å²) in [7, 11) is 0. The van der Waals surface area contributed by atoms with Gasteiger partial charge in [0.2, 0.25) is 0 Å². The molecule has 2 aromatic rings. The third kappa shape index (κ3) is 1.34. The molecule has 0 aliphatic heterocycles. The van der Waals surface area contributed by atoms with Crippen molar-refractivity contribution in [1.82, 2.24) is 9.97 Å². The highest BCUT2D eigenvalue weighted by Gasteiger charge is 2.10. The van der Waals surface area contributed by atoms with Gasteiger partial charge in [0.05, 0.1) is 9.30 Å². The van der Waals surface area contributed by atoms with Crippen LogP contribution in [0.4, 0.5) is 0 Å². The van der Waals surface area contributed by atoms with E-state index in [0.29, 0.717) is 4.83 Å². The van der Waals surface area contributed by atoms with E-state index < -0.39 is 11.1 Å². The molecule has 14 heavy (non-hydrogen) atoms. The van der Waals surface area contributed by atoms with Crippen LogP contribution in [0.25, 0.3) is 10.3 Å². The van der Waals surface area contributed by atoms with Crippen LogP contribution in [-0.2, 0) is 6.42 Å². The Morgan fingerprint density at radius 1 is 1.29 bits per heavy atom. The summed E-state index contributed by atoms with van der Waals surface area (Å²) in [6.07, 6.45) is 0.808. The van der Waals surface area contributed by atoms with Crippen molar-refractivity contribution in [2.24, 2.45) is 0 Å². The molecule has 0 aliphatic carbocycles. The first kappa shape index (κ1) is 9.67. The van der Waals surface area contributed by atoms with E-state index in [0.717, 1.165) is 21.3 Å². The Morgan fingerprint density at radius 3 is 2.57 bits per heavy atom. The molecular weight excluding hydrogens is 268 g/mol. The maximum absolute atomic E-state index is 11.1. The third-order valence-electron chi connectivity index (χ3n) is 1.98. The quantitative estimate of drug-likeness (QED) is 0.776. The van der Waals surface area contributed by atoms with Crippen molar-refractivity contribution in [2.45, 2.75) is 13.3 Å². The lowest BCUT2D eigenvalue weighted by Gasteiger charge is -1.93. The largest absolute Gasteiger partial charge is 0.315 e. The number of hydrogen-bond acceptors (Lipinski definition) is 3. The minimum Gasteiger partial charge on any atom is -0.315 e. The summed E-state index contributed by atoms with van der Waals surface area (Å²) >= 11 is 4.81. The minimum atomic E-state index is -0.603. The summed E-state index contributed by atoms with van der Waals surface area (Å²) < 4.78 is 0.951. The molecule has 2 heterocycles. The number of halogens is 1. The number of aryl methyl sites for hydroxylation is 1. The van der Waals surface area contributed by atoms with Crippen LogP contribution in [0.2, 0.25) is 0 Å². The van der Waals surface area contributed by atoms with Gasteiger partial charge in [0, 0.05) is 5.56 Å². The number of nitrogens with one attached hydrogen (secondary N) is 2. The monoisotopic (exact) mass is 274 g/mol. The van der Waals surface area contributed by atoms with Crippen LogP contribution in [0.1, 0.15) is 12.5 Å². The van der Waals surface area contributed by atoms with Crippen LogP contribution in [0.3, 0.4) is 0 Å². The minimum absolute atomic E-state index is 0.600. The van der Waals surface area contributed by atoms with Crippen molar-refractivity contribution in [3.8, 4) is 0 Å². The fraction of sp³-hybridized carbons (Fsp3) is 0.250. The summed E-state index contributed by atoms with van der Waals surface area (Å²) in [4.78, 5) is 28.0. The van der Waals surface area contributed by atoms with Crippen LogP contribution in [0, 0.1) is 0 Å². The maximum atomic E-state index is 11.1. The lowest BCUT2D eigenvalue weighted by molar-refractivity contribution is 1.11. The van der Waals surface area contributed by atoms with Gasteiger partial charge in [-0.1, -0.05) is 6.92 Å². The molecule has 0 aliphatic rings. The number of fused-ring (bicyclic) bond motifs is 1. The number of H-pyrrole nitrogens is 2. The summed E-state index contributed by atoms with van der Waals surface area (Å²) in [6, 6.07) is 0. The molecule has 0 saturated carbocycles. The normalized spacial score (nSPS) is 11.0. The van der Waals surface area contributed by atoms with Crippen LogP contribution in [0.5, 0.6) is 0 Å². The lowest BCUT2D eigenvalue weighted by Crippen LogP contribution is -2.28. The fourth-order valence-corrected chi connectivity index (χ4v) is 3.24. The van der Waals surface area contributed by atoms with E-state index in [1.165, 1.54) is 11.3 Å². The first-order valence-electron chi connectivity index (χ1n) is 4.07. The molecule has 0 spiro atoms. The summed E-state index contributed by atoms with van der Waals surface area (Å²) in [5, 5.41) is 0. The zero-order chi connectivity index (χ0) is 10.3. The molecule has 2 rings (SSSR count). The van der Waals surface area contributed by atoms with E-state index in [1.54, 1.807) is 0 Å². The zero-order valence-electron chi connectivity index (χ0n) is 7.31. The van der Waals surface area contributed by atoms with Gasteiger partial charge in [-0.15, -0.1) is 11.3 Å². The van der Waals surface area contributed by atoms with Gasteiger partial charge in [0.15, 0.2) is 0 Å². The van der Waals surface area contributed by atoms with E-state index in [4.69, 9.17) is 0 Å². The molecule has 2 N–H and O–H groups in total. The van der Waals surface area contributed by atoms with E-state index in [2.05, 4.69) is 25.9 Å². The Hall–Kier alpha value is -0.880. The molecule has 0 amide bonds. The molecule has 0 bridgehead atoms. The van der Waals surface area contributed by atoms with Crippen molar-refractivity contribution >= 4 is 37.6 Å². The third-order valence-corrected chi connectivity index (χ3v) is 3.88. The smallest absolute Gasteiger partial charge is 0.314 e. The number of rotatable bonds is 1. The average Bonchev–Trinajstić information content (AvgIpc) is 2.42. The predicted molar refractivity (Wildman–Crippen MR) is 60.1 cm³/mol. The average molecular weight is 275 g/mol. The van der Waals surface area contributed by atoms with Crippen molar-refractivity contribution < 1.29 is 0 Å². The van der Waals surface area contributed by atoms with Gasteiger partial charge in [-0.05, 0) is 22.4 Å². The first-order chi connectivity index (χ1) is 6.63. The van der Waals surface area contributed by atoms with Crippen molar-refractivity contribution in [3.05, 3.63) is 30.1 Å². The Labute approximate surface area is 91.1 Å². The Morgan fingerprint density at radius 2 is 1.93 bits per heavy atom. The Bertz CT molecular complexity index is 595. The van der Waals surface area contributed by atoms with Gasteiger partial charge in [-0.25, -0.2) is 0 Å². The van der Waals surface area contributed by atoms with Crippen LogP contribution in [0.15, 0.2) is 13.4 Å². The topological polar surface area (TPSA) is 65.7 Å². The van der Waals surface area contributed by atoms with E-state index in [-0.39, 0.29) is 0 Å².